The summed E-state index contributed by atoms with van der Waals surface area (Å²) >= 11 is 1.28. The average molecular weight is 526 g/mol. The van der Waals surface area contributed by atoms with Gasteiger partial charge in [-0.05, 0) is 67.8 Å². The van der Waals surface area contributed by atoms with Gasteiger partial charge in [-0.15, -0.1) is 11.3 Å². The van der Waals surface area contributed by atoms with E-state index in [9.17, 15) is 23.1 Å². The molecule has 0 radical (unpaired) electrons. The monoisotopic (exact) mass is 525 g/mol. The van der Waals surface area contributed by atoms with Gasteiger partial charge < -0.3 is 14.7 Å². The van der Waals surface area contributed by atoms with E-state index in [0.29, 0.717) is 34.9 Å². The summed E-state index contributed by atoms with van der Waals surface area (Å²) in [5, 5.41) is 10.7. The minimum atomic E-state index is -4.11. The van der Waals surface area contributed by atoms with Gasteiger partial charge in [0.25, 0.3) is 0 Å². The molecule has 8 heteroatoms. The van der Waals surface area contributed by atoms with Crippen LogP contribution in [-0.2, 0) is 6.42 Å². The summed E-state index contributed by atoms with van der Waals surface area (Å²) in [6.07, 6.45) is -3.47. The van der Waals surface area contributed by atoms with Crippen LogP contribution in [0.2, 0.25) is 0 Å². The quantitative estimate of drug-likeness (QED) is 0.258. The fourth-order valence-electron chi connectivity index (χ4n) is 4.50. The van der Waals surface area contributed by atoms with E-state index < -0.39 is 12.1 Å². The zero-order valence-corrected chi connectivity index (χ0v) is 21.2. The number of hydrogen-bond acceptors (Lipinski definition) is 5. The van der Waals surface area contributed by atoms with Crippen LogP contribution < -0.4 is 4.74 Å². The Morgan fingerprint density at radius 3 is 2.49 bits per heavy atom. The number of fused-ring (bicyclic) bond motifs is 1. The van der Waals surface area contributed by atoms with Crippen LogP contribution in [0.1, 0.15) is 31.9 Å². The maximum absolute atomic E-state index is 13.6. The number of alkyl halides is 3. The van der Waals surface area contributed by atoms with Gasteiger partial charge in [0.15, 0.2) is 5.75 Å². The molecule has 3 aromatic carbocycles. The lowest BCUT2D eigenvalue weighted by molar-refractivity contribution is -0.208. The largest absolute Gasteiger partial charge is 0.508 e. The molecule has 37 heavy (non-hydrogen) atoms. The number of nitrogens with zero attached hydrogens (tertiary/aromatic N) is 1. The lowest BCUT2D eigenvalue weighted by Crippen LogP contribution is -2.53. The second-order valence-electron chi connectivity index (χ2n) is 9.58. The van der Waals surface area contributed by atoms with Crippen LogP contribution in [0, 0.1) is 19.8 Å². The lowest BCUT2D eigenvalue weighted by Gasteiger charge is -2.40. The number of likely N-dealkylation sites (tertiary alicyclic amines) is 1. The highest BCUT2D eigenvalue weighted by Gasteiger charge is 2.46. The molecule has 1 aliphatic heterocycles. The van der Waals surface area contributed by atoms with Crippen molar-refractivity contribution in [3.8, 4) is 17.2 Å². The summed E-state index contributed by atoms with van der Waals surface area (Å²) in [5.41, 5.74) is 3.46. The Kier molecular flexibility index (Phi) is 6.72. The lowest BCUT2D eigenvalue weighted by atomic mass is 9.99. The first-order valence-electron chi connectivity index (χ1n) is 12.0. The van der Waals surface area contributed by atoms with Crippen molar-refractivity contribution in [1.29, 1.82) is 0 Å². The standard InChI is InChI=1S/C29H26F3NO3S/c1-17-3-4-18(2)24(13-17)26(35)28-27(23-10-7-21(34)14-25(23)37-28)36-22-8-5-19(6-9-22)11-12-33-15-20(16-33)29(30,31)32/h3-10,13-14,20,34H,11-12,15-16H2,1-2H3. The fourth-order valence-corrected chi connectivity index (χ4v) is 5.62. The number of hydrogen-bond donors (Lipinski definition) is 1. The molecular weight excluding hydrogens is 499 g/mol. The summed E-state index contributed by atoms with van der Waals surface area (Å²) in [6.45, 7) is 4.52. The number of thiophene rings is 1. The topological polar surface area (TPSA) is 49.8 Å². The first kappa shape index (κ1) is 25.3. The van der Waals surface area contributed by atoms with Gasteiger partial charge in [-0.3, -0.25) is 4.79 Å². The van der Waals surface area contributed by atoms with Crippen LogP contribution in [0.15, 0.2) is 60.7 Å². The Hall–Kier alpha value is -3.36. The molecule has 5 rings (SSSR count). The van der Waals surface area contributed by atoms with Crippen molar-refractivity contribution < 1.29 is 27.8 Å². The molecule has 0 aliphatic carbocycles. The fraction of sp³-hybridized carbons (Fsp3) is 0.276. The number of carbonyl (C=O) groups is 1. The Balaban J connectivity index is 1.35. The number of aryl methyl sites for hydroxylation is 2. The second-order valence-corrected chi connectivity index (χ2v) is 10.6. The highest BCUT2D eigenvalue weighted by atomic mass is 32.1. The van der Waals surface area contributed by atoms with E-state index in [-0.39, 0.29) is 24.6 Å². The van der Waals surface area contributed by atoms with Crippen LogP contribution in [0.4, 0.5) is 13.2 Å². The Morgan fingerprint density at radius 2 is 1.78 bits per heavy atom. The maximum Gasteiger partial charge on any atom is 0.394 e. The molecule has 0 spiro atoms. The predicted octanol–water partition coefficient (Wildman–Crippen LogP) is 7.28. The molecule has 1 fully saturated rings. The summed E-state index contributed by atoms with van der Waals surface area (Å²) < 4.78 is 45.1. The van der Waals surface area contributed by atoms with Crippen LogP contribution in [0.5, 0.6) is 17.2 Å². The van der Waals surface area contributed by atoms with Gasteiger partial charge in [0.1, 0.15) is 16.4 Å². The molecule has 0 atom stereocenters. The van der Waals surface area contributed by atoms with Gasteiger partial charge in [-0.2, -0.15) is 13.2 Å². The normalized spacial score (nSPS) is 14.6. The number of phenols is 1. The molecule has 4 aromatic rings. The molecule has 0 bridgehead atoms. The predicted molar refractivity (Wildman–Crippen MR) is 139 cm³/mol. The second kappa shape index (κ2) is 9.84. The molecule has 0 amide bonds. The van der Waals surface area contributed by atoms with E-state index in [1.165, 1.54) is 11.3 Å². The molecular formula is C29H26F3NO3S. The van der Waals surface area contributed by atoms with E-state index in [0.717, 1.165) is 26.8 Å². The van der Waals surface area contributed by atoms with Gasteiger partial charge in [-0.25, -0.2) is 0 Å². The van der Waals surface area contributed by atoms with Crippen LogP contribution in [-0.4, -0.2) is 41.6 Å². The molecule has 1 aromatic heterocycles. The SMILES string of the molecule is Cc1ccc(C)c(C(=O)c2sc3cc(O)ccc3c2Oc2ccc(CCN3CC(C(F)(F)F)C3)cc2)c1. The molecule has 4 nitrogen and oxygen atoms in total. The number of rotatable bonds is 7. The smallest absolute Gasteiger partial charge is 0.394 e. The van der Waals surface area contributed by atoms with Crippen molar-refractivity contribution in [3.05, 3.63) is 87.8 Å². The van der Waals surface area contributed by atoms with E-state index in [4.69, 9.17) is 4.74 Å². The van der Waals surface area contributed by atoms with Crippen molar-refractivity contribution in [2.24, 2.45) is 5.92 Å². The van der Waals surface area contributed by atoms with Gasteiger partial charge >= 0.3 is 6.18 Å². The van der Waals surface area contributed by atoms with E-state index in [1.54, 1.807) is 35.2 Å². The molecule has 1 saturated heterocycles. The van der Waals surface area contributed by atoms with E-state index in [1.807, 2.05) is 44.2 Å². The minimum absolute atomic E-state index is 0.0582. The van der Waals surface area contributed by atoms with Crippen molar-refractivity contribution >= 4 is 27.2 Å². The number of aromatic hydroxyl groups is 1. The van der Waals surface area contributed by atoms with Gasteiger partial charge in [-0.1, -0.05) is 29.8 Å². The molecule has 1 N–H and O–H groups in total. The Bertz CT molecular complexity index is 1450. The number of carbonyl (C=O) groups excluding carboxylic acids is 1. The zero-order chi connectivity index (χ0) is 26.3. The number of benzene rings is 3. The molecule has 1 aliphatic rings. The van der Waals surface area contributed by atoms with Crippen molar-refractivity contribution in [3.63, 3.8) is 0 Å². The Labute approximate surface area is 216 Å². The third-order valence-electron chi connectivity index (χ3n) is 6.75. The summed E-state index contributed by atoms with van der Waals surface area (Å²) in [7, 11) is 0. The summed E-state index contributed by atoms with van der Waals surface area (Å²) in [5.74, 6) is -0.254. The van der Waals surface area contributed by atoms with Crippen LogP contribution in [0.25, 0.3) is 10.1 Å². The summed E-state index contributed by atoms with van der Waals surface area (Å²) in [4.78, 5) is 15.9. The molecule has 0 unspecified atom stereocenters. The number of ether oxygens (including phenoxy) is 1. The highest BCUT2D eigenvalue weighted by Crippen LogP contribution is 2.43. The molecule has 2 heterocycles. The third kappa shape index (κ3) is 5.36. The molecule has 192 valence electrons. The first-order valence-corrected chi connectivity index (χ1v) is 12.8. The number of phenolic OH excluding ortho intramolecular Hbond substituents is 1. The summed E-state index contributed by atoms with van der Waals surface area (Å²) in [6, 6.07) is 18.1. The average Bonchev–Trinajstić information content (AvgIpc) is 3.16. The first-order chi connectivity index (χ1) is 17.6. The van der Waals surface area contributed by atoms with Crippen LogP contribution >= 0.6 is 11.3 Å². The maximum atomic E-state index is 13.6. The minimum Gasteiger partial charge on any atom is -0.508 e. The van der Waals surface area contributed by atoms with Gasteiger partial charge in [0, 0.05) is 35.3 Å². The van der Waals surface area contributed by atoms with Crippen molar-refractivity contribution in [1.82, 2.24) is 4.90 Å². The van der Waals surface area contributed by atoms with Gasteiger partial charge in [0.05, 0.1) is 5.92 Å². The van der Waals surface area contributed by atoms with Crippen LogP contribution in [0.3, 0.4) is 0 Å². The molecule has 0 saturated carbocycles. The zero-order valence-electron chi connectivity index (χ0n) is 20.4. The van der Waals surface area contributed by atoms with Crippen molar-refractivity contribution in [2.45, 2.75) is 26.4 Å². The van der Waals surface area contributed by atoms with E-state index in [2.05, 4.69) is 0 Å². The third-order valence-corrected chi connectivity index (χ3v) is 7.88. The van der Waals surface area contributed by atoms with Crippen molar-refractivity contribution in [2.75, 3.05) is 19.6 Å². The number of halogens is 3. The highest BCUT2D eigenvalue weighted by molar-refractivity contribution is 7.21. The van der Waals surface area contributed by atoms with Gasteiger partial charge in [0.2, 0.25) is 5.78 Å². The van der Waals surface area contributed by atoms with E-state index >= 15 is 0 Å². The number of ketones is 1. The Morgan fingerprint density at radius 1 is 1.05 bits per heavy atom.